The van der Waals surface area contributed by atoms with Gasteiger partial charge >= 0.3 is 0 Å². The van der Waals surface area contributed by atoms with Crippen LogP contribution in [-0.2, 0) is 11.2 Å². The third-order valence-corrected chi connectivity index (χ3v) is 3.99. The maximum atomic E-state index is 5.41. The van der Waals surface area contributed by atoms with Gasteiger partial charge in [-0.1, -0.05) is 24.3 Å². The summed E-state index contributed by atoms with van der Waals surface area (Å²) >= 11 is 0. The fourth-order valence-electron chi connectivity index (χ4n) is 2.44. The lowest BCUT2D eigenvalue weighted by molar-refractivity contribution is 0.0310. The molecule has 4 nitrogen and oxygen atoms in total. The van der Waals surface area contributed by atoms with Crippen LogP contribution >= 0.6 is 24.0 Å². The maximum Gasteiger partial charge on any atom is 0.191 e. The summed E-state index contributed by atoms with van der Waals surface area (Å²) in [6, 6.07) is 8.67. The fraction of sp³-hybridized carbons (Fsp3) is 0.588. The minimum Gasteiger partial charge on any atom is -0.377 e. The summed E-state index contributed by atoms with van der Waals surface area (Å²) in [7, 11) is 1.72. The van der Waals surface area contributed by atoms with Gasteiger partial charge in [-0.3, -0.25) is 4.99 Å². The Bertz CT molecular complexity index is 502. The quantitative estimate of drug-likeness (QED) is 0.425. The van der Waals surface area contributed by atoms with E-state index in [1.807, 2.05) is 13.8 Å². The standard InChI is InChI=1S/C17H27N3O.HI/c1-5-18-16(20-12-17(2,3)21-4)19-11-14-10-13-8-6-7-9-15(13)14;/h6-9,14H,5,10-12H2,1-4H3,(H2,18,19,20);1H. The predicted octanol–water partition coefficient (Wildman–Crippen LogP) is 2.92. The van der Waals surface area contributed by atoms with E-state index in [0.29, 0.717) is 12.5 Å². The zero-order valence-corrected chi connectivity index (χ0v) is 16.3. The highest BCUT2D eigenvalue weighted by molar-refractivity contribution is 14.0. The minimum atomic E-state index is -0.231. The second kappa shape index (κ2) is 8.72. The van der Waals surface area contributed by atoms with Crippen molar-refractivity contribution < 1.29 is 4.74 Å². The number of ether oxygens (including phenoxy) is 1. The Balaban J connectivity index is 0.00000242. The molecule has 1 aromatic carbocycles. The number of methoxy groups -OCH3 is 1. The van der Waals surface area contributed by atoms with Crippen molar-refractivity contribution in [3.63, 3.8) is 0 Å². The molecule has 5 heteroatoms. The first-order chi connectivity index (χ1) is 10.1. The second-order valence-corrected chi connectivity index (χ2v) is 6.14. The average Bonchev–Trinajstić information content (AvgIpc) is 2.45. The number of halogens is 1. The lowest BCUT2D eigenvalue weighted by atomic mass is 9.78. The van der Waals surface area contributed by atoms with Gasteiger partial charge in [0.1, 0.15) is 0 Å². The van der Waals surface area contributed by atoms with Gasteiger partial charge in [0.15, 0.2) is 5.96 Å². The van der Waals surface area contributed by atoms with Crippen molar-refractivity contribution in [1.29, 1.82) is 0 Å². The lowest BCUT2D eigenvalue weighted by Gasteiger charge is -2.30. The number of aliphatic imine (C=N–C) groups is 1. The van der Waals surface area contributed by atoms with Crippen LogP contribution in [0.2, 0.25) is 0 Å². The van der Waals surface area contributed by atoms with E-state index in [1.54, 1.807) is 7.11 Å². The first-order valence-electron chi connectivity index (χ1n) is 7.71. The lowest BCUT2D eigenvalue weighted by Crippen LogP contribution is -2.42. The van der Waals surface area contributed by atoms with Gasteiger partial charge in [0.2, 0.25) is 0 Å². The highest BCUT2D eigenvalue weighted by Crippen LogP contribution is 2.33. The molecule has 1 atom stereocenters. The van der Waals surface area contributed by atoms with Crippen LogP contribution in [0.1, 0.15) is 37.8 Å². The van der Waals surface area contributed by atoms with E-state index in [0.717, 1.165) is 25.5 Å². The van der Waals surface area contributed by atoms with Gasteiger partial charge in [-0.2, -0.15) is 0 Å². The maximum absolute atomic E-state index is 5.41. The molecule has 1 aliphatic carbocycles. The summed E-state index contributed by atoms with van der Waals surface area (Å²) in [5.41, 5.74) is 2.72. The molecule has 1 aliphatic rings. The highest BCUT2D eigenvalue weighted by atomic mass is 127. The predicted molar refractivity (Wildman–Crippen MR) is 103 cm³/mol. The molecular weight excluding hydrogens is 389 g/mol. The molecule has 0 amide bonds. The number of nitrogens with one attached hydrogen (secondary N) is 2. The van der Waals surface area contributed by atoms with Gasteiger partial charge < -0.3 is 15.4 Å². The van der Waals surface area contributed by atoms with Crippen LogP contribution < -0.4 is 10.6 Å². The van der Waals surface area contributed by atoms with Crippen LogP contribution in [0.4, 0.5) is 0 Å². The first kappa shape index (κ1) is 19.2. The van der Waals surface area contributed by atoms with Gasteiger partial charge in [-0.15, -0.1) is 24.0 Å². The van der Waals surface area contributed by atoms with Crippen molar-refractivity contribution in [1.82, 2.24) is 10.6 Å². The Morgan fingerprint density at radius 2 is 2.05 bits per heavy atom. The molecule has 0 aromatic heterocycles. The van der Waals surface area contributed by atoms with Crippen LogP contribution in [-0.4, -0.2) is 38.3 Å². The monoisotopic (exact) mass is 417 g/mol. The summed E-state index contributed by atoms with van der Waals surface area (Å²) in [6.45, 7) is 8.60. The van der Waals surface area contributed by atoms with Crippen molar-refractivity contribution in [3.05, 3.63) is 35.4 Å². The van der Waals surface area contributed by atoms with E-state index in [2.05, 4.69) is 46.8 Å². The summed E-state index contributed by atoms with van der Waals surface area (Å²) in [5, 5.41) is 6.73. The number of nitrogens with zero attached hydrogens (tertiary/aromatic N) is 1. The molecule has 2 rings (SSSR count). The molecule has 2 N–H and O–H groups in total. The highest BCUT2D eigenvalue weighted by Gasteiger charge is 2.25. The molecule has 0 aliphatic heterocycles. The molecule has 22 heavy (non-hydrogen) atoms. The van der Waals surface area contributed by atoms with Gasteiger partial charge in [0.25, 0.3) is 0 Å². The summed E-state index contributed by atoms with van der Waals surface area (Å²) in [4.78, 5) is 4.61. The third-order valence-electron chi connectivity index (χ3n) is 3.99. The minimum absolute atomic E-state index is 0. The molecule has 0 radical (unpaired) electrons. The molecule has 0 heterocycles. The van der Waals surface area contributed by atoms with E-state index >= 15 is 0 Å². The SMILES string of the molecule is CCNC(=NCC(C)(C)OC)NCC1Cc2ccccc21.I. The molecule has 0 saturated carbocycles. The van der Waals surface area contributed by atoms with Crippen LogP contribution in [0.15, 0.2) is 29.3 Å². The van der Waals surface area contributed by atoms with Crippen molar-refractivity contribution in [2.24, 2.45) is 4.99 Å². The summed E-state index contributed by atoms with van der Waals surface area (Å²) in [5.74, 6) is 1.47. The number of hydrogen-bond donors (Lipinski definition) is 2. The molecule has 1 aromatic rings. The van der Waals surface area contributed by atoms with Gasteiger partial charge in [0.05, 0.1) is 12.1 Å². The second-order valence-electron chi connectivity index (χ2n) is 6.14. The number of guanidine groups is 1. The van der Waals surface area contributed by atoms with Crippen molar-refractivity contribution in [2.75, 3.05) is 26.7 Å². The van der Waals surface area contributed by atoms with Crippen LogP contribution in [0.25, 0.3) is 0 Å². The Hall–Kier alpha value is -0.820. The van der Waals surface area contributed by atoms with Gasteiger partial charge in [-0.05, 0) is 38.3 Å². The smallest absolute Gasteiger partial charge is 0.191 e. The van der Waals surface area contributed by atoms with Crippen LogP contribution in [0, 0.1) is 0 Å². The van der Waals surface area contributed by atoms with Crippen molar-refractivity contribution in [3.8, 4) is 0 Å². The number of hydrogen-bond acceptors (Lipinski definition) is 2. The van der Waals surface area contributed by atoms with E-state index in [-0.39, 0.29) is 29.6 Å². The molecular formula is C17H28IN3O. The zero-order valence-electron chi connectivity index (χ0n) is 14.0. The van der Waals surface area contributed by atoms with E-state index in [1.165, 1.54) is 11.1 Å². The van der Waals surface area contributed by atoms with Gasteiger partial charge in [-0.25, -0.2) is 0 Å². The number of fused-ring (bicyclic) bond motifs is 1. The Kier molecular flexibility index (Phi) is 7.62. The number of rotatable bonds is 6. The van der Waals surface area contributed by atoms with E-state index in [9.17, 15) is 0 Å². The first-order valence-corrected chi connectivity index (χ1v) is 7.71. The summed E-state index contributed by atoms with van der Waals surface area (Å²) < 4.78 is 5.41. The number of benzene rings is 1. The van der Waals surface area contributed by atoms with E-state index < -0.39 is 0 Å². The molecule has 0 saturated heterocycles. The average molecular weight is 417 g/mol. The fourth-order valence-corrected chi connectivity index (χ4v) is 2.44. The van der Waals surface area contributed by atoms with Crippen LogP contribution in [0.5, 0.6) is 0 Å². The largest absolute Gasteiger partial charge is 0.377 e. The molecule has 124 valence electrons. The zero-order chi connectivity index (χ0) is 15.3. The normalized spacial score (nSPS) is 17.1. The van der Waals surface area contributed by atoms with Crippen molar-refractivity contribution in [2.45, 2.75) is 38.7 Å². The Labute approximate surface area is 151 Å². The summed E-state index contributed by atoms with van der Waals surface area (Å²) in [6.07, 6.45) is 1.16. The molecule has 0 spiro atoms. The Morgan fingerprint density at radius 1 is 1.32 bits per heavy atom. The van der Waals surface area contributed by atoms with Gasteiger partial charge in [0, 0.05) is 26.1 Å². The van der Waals surface area contributed by atoms with E-state index in [4.69, 9.17) is 4.74 Å². The molecule has 0 fully saturated rings. The van der Waals surface area contributed by atoms with Crippen molar-refractivity contribution >= 4 is 29.9 Å². The third kappa shape index (κ3) is 5.12. The topological polar surface area (TPSA) is 45.7 Å². The molecule has 0 bridgehead atoms. The molecule has 1 unspecified atom stereocenters. The van der Waals surface area contributed by atoms with Crippen LogP contribution in [0.3, 0.4) is 0 Å². The Morgan fingerprint density at radius 3 is 2.68 bits per heavy atom.